The summed E-state index contributed by atoms with van der Waals surface area (Å²) in [6.07, 6.45) is 6.22. The smallest absolute Gasteiger partial charge is 0.0466 e. The number of thiophene rings is 1. The standard InChI is InChI=1S/C16H21OS/c1-2-17-12-8-4-3-5-9-14-13-18-16-11-7-6-10-15(14)16/h6-7,10-11,13H,1-5,8-9,12H2. The van der Waals surface area contributed by atoms with Crippen molar-refractivity contribution < 1.29 is 4.74 Å². The first-order valence-electron chi connectivity index (χ1n) is 6.74. The lowest BCUT2D eigenvalue weighted by molar-refractivity contribution is 0.156. The normalized spacial score (nSPS) is 11.2. The number of benzene rings is 1. The summed E-state index contributed by atoms with van der Waals surface area (Å²) < 4.78 is 6.65. The van der Waals surface area contributed by atoms with Crippen molar-refractivity contribution in [2.45, 2.75) is 32.1 Å². The van der Waals surface area contributed by atoms with E-state index in [2.05, 4.69) is 36.6 Å². The van der Waals surface area contributed by atoms with E-state index >= 15 is 0 Å². The number of rotatable bonds is 8. The third-order valence-electron chi connectivity index (χ3n) is 3.19. The molecular formula is C16H21OS. The zero-order chi connectivity index (χ0) is 12.6. The molecule has 0 fully saturated rings. The van der Waals surface area contributed by atoms with Gasteiger partial charge in [-0.1, -0.05) is 31.0 Å². The van der Waals surface area contributed by atoms with Crippen molar-refractivity contribution in [2.24, 2.45) is 0 Å². The summed E-state index contributed by atoms with van der Waals surface area (Å²) in [5.74, 6) is 0. The molecular weight excluding hydrogens is 240 g/mol. The third kappa shape index (κ3) is 3.82. The summed E-state index contributed by atoms with van der Waals surface area (Å²) in [4.78, 5) is 0. The van der Waals surface area contributed by atoms with Crippen LogP contribution in [0.4, 0.5) is 0 Å². The molecule has 0 saturated carbocycles. The van der Waals surface area contributed by atoms with E-state index in [1.807, 2.05) is 11.3 Å². The molecule has 0 N–H and O–H groups in total. The van der Waals surface area contributed by atoms with E-state index in [1.54, 1.807) is 0 Å². The topological polar surface area (TPSA) is 9.23 Å². The first kappa shape index (κ1) is 13.6. The summed E-state index contributed by atoms with van der Waals surface area (Å²) in [6.45, 7) is 5.13. The van der Waals surface area contributed by atoms with Gasteiger partial charge in [-0.3, -0.25) is 0 Å². The van der Waals surface area contributed by atoms with Crippen molar-refractivity contribution in [1.82, 2.24) is 0 Å². The molecule has 1 aromatic heterocycles. The van der Waals surface area contributed by atoms with E-state index in [1.165, 1.54) is 47.8 Å². The SMILES string of the molecule is [CH2]COCCCCCCc1csc2ccccc12. The van der Waals surface area contributed by atoms with Crippen molar-refractivity contribution in [3.63, 3.8) is 0 Å². The maximum Gasteiger partial charge on any atom is 0.0466 e. The molecule has 2 aromatic rings. The summed E-state index contributed by atoms with van der Waals surface area (Å²) in [7, 11) is 0. The number of ether oxygens (including phenoxy) is 1. The quantitative estimate of drug-likeness (QED) is 0.617. The van der Waals surface area contributed by atoms with E-state index in [9.17, 15) is 0 Å². The Kier molecular flexibility index (Phi) is 5.69. The van der Waals surface area contributed by atoms with Crippen LogP contribution in [0.5, 0.6) is 0 Å². The molecule has 0 aliphatic heterocycles. The van der Waals surface area contributed by atoms with Crippen molar-refractivity contribution in [3.05, 3.63) is 42.1 Å². The van der Waals surface area contributed by atoms with Gasteiger partial charge in [-0.15, -0.1) is 11.3 Å². The lowest BCUT2D eigenvalue weighted by Crippen LogP contribution is -1.93. The molecule has 0 amide bonds. The van der Waals surface area contributed by atoms with Gasteiger partial charge in [0.25, 0.3) is 0 Å². The minimum atomic E-state index is 0.598. The predicted octanol–water partition coefficient (Wildman–Crippen LogP) is 4.85. The van der Waals surface area contributed by atoms with Crippen LogP contribution in [-0.4, -0.2) is 13.2 Å². The van der Waals surface area contributed by atoms with Crippen LogP contribution >= 0.6 is 11.3 Å². The molecule has 97 valence electrons. The van der Waals surface area contributed by atoms with Gasteiger partial charge in [0, 0.05) is 17.9 Å². The largest absolute Gasteiger partial charge is 0.381 e. The molecule has 0 atom stereocenters. The van der Waals surface area contributed by atoms with Gasteiger partial charge in [-0.25, -0.2) is 0 Å². The Labute approximate surface area is 114 Å². The number of fused-ring (bicyclic) bond motifs is 1. The molecule has 18 heavy (non-hydrogen) atoms. The minimum Gasteiger partial charge on any atom is -0.381 e. The Balaban J connectivity index is 1.70. The highest BCUT2D eigenvalue weighted by Crippen LogP contribution is 2.26. The lowest BCUT2D eigenvalue weighted by Gasteiger charge is -2.02. The second-order valence-electron chi connectivity index (χ2n) is 4.53. The van der Waals surface area contributed by atoms with Gasteiger partial charge in [0.05, 0.1) is 0 Å². The van der Waals surface area contributed by atoms with E-state index < -0.39 is 0 Å². The van der Waals surface area contributed by atoms with Gasteiger partial charge in [0.2, 0.25) is 0 Å². The van der Waals surface area contributed by atoms with Crippen LogP contribution in [0, 0.1) is 6.92 Å². The molecule has 0 saturated heterocycles. The molecule has 0 aliphatic rings. The van der Waals surface area contributed by atoms with Crippen LogP contribution in [0.1, 0.15) is 31.2 Å². The van der Waals surface area contributed by atoms with E-state index in [0.717, 1.165) is 6.61 Å². The Morgan fingerprint density at radius 2 is 1.89 bits per heavy atom. The van der Waals surface area contributed by atoms with Crippen molar-refractivity contribution >= 4 is 21.4 Å². The molecule has 1 nitrogen and oxygen atoms in total. The second-order valence-corrected chi connectivity index (χ2v) is 5.44. The third-order valence-corrected chi connectivity index (χ3v) is 4.20. The maximum absolute atomic E-state index is 5.23. The highest BCUT2D eigenvalue weighted by atomic mass is 32.1. The molecule has 1 radical (unpaired) electrons. The zero-order valence-corrected chi connectivity index (χ0v) is 11.7. The van der Waals surface area contributed by atoms with Crippen molar-refractivity contribution in [1.29, 1.82) is 0 Å². The molecule has 1 aromatic carbocycles. The van der Waals surface area contributed by atoms with Crippen LogP contribution in [0.25, 0.3) is 10.1 Å². The Hall–Kier alpha value is -0.860. The van der Waals surface area contributed by atoms with Crippen LogP contribution in [0.15, 0.2) is 29.6 Å². The fraction of sp³-hybridized carbons (Fsp3) is 0.438. The summed E-state index contributed by atoms with van der Waals surface area (Å²) >= 11 is 1.86. The molecule has 0 aliphatic carbocycles. The molecule has 0 unspecified atom stereocenters. The van der Waals surface area contributed by atoms with Crippen molar-refractivity contribution in [2.75, 3.05) is 13.2 Å². The molecule has 0 spiro atoms. The fourth-order valence-electron chi connectivity index (χ4n) is 2.20. The molecule has 0 bridgehead atoms. The highest BCUT2D eigenvalue weighted by molar-refractivity contribution is 7.17. The minimum absolute atomic E-state index is 0.598. The fourth-order valence-corrected chi connectivity index (χ4v) is 3.20. The van der Waals surface area contributed by atoms with Crippen LogP contribution in [0.2, 0.25) is 0 Å². The van der Waals surface area contributed by atoms with Gasteiger partial charge in [-0.05, 0) is 48.6 Å². The van der Waals surface area contributed by atoms with Gasteiger partial charge in [-0.2, -0.15) is 0 Å². The van der Waals surface area contributed by atoms with Crippen LogP contribution < -0.4 is 0 Å². The Morgan fingerprint density at radius 1 is 1.06 bits per heavy atom. The van der Waals surface area contributed by atoms with Gasteiger partial charge < -0.3 is 4.74 Å². The summed E-state index contributed by atoms with van der Waals surface area (Å²) in [6, 6.07) is 8.70. The van der Waals surface area contributed by atoms with Gasteiger partial charge in [0.1, 0.15) is 0 Å². The predicted molar refractivity (Wildman–Crippen MR) is 80.2 cm³/mol. The monoisotopic (exact) mass is 261 g/mol. The van der Waals surface area contributed by atoms with Gasteiger partial charge in [0.15, 0.2) is 0 Å². The van der Waals surface area contributed by atoms with Crippen molar-refractivity contribution in [3.8, 4) is 0 Å². The number of hydrogen-bond acceptors (Lipinski definition) is 2. The second kappa shape index (κ2) is 7.55. The highest BCUT2D eigenvalue weighted by Gasteiger charge is 2.02. The Morgan fingerprint density at radius 3 is 2.78 bits per heavy atom. The van der Waals surface area contributed by atoms with Crippen LogP contribution in [-0.2, 0) is 11.2 Å². The zero-order valence-electron chi connectivity index (χ0n) is 10.9. The van der Waals surface area contributed by atoms with E-state index in [-0.39, 0.29) is 0 Å². The molecule has 1 heterocycles. The number of unbranched alkanes of at least 4 members (excludes halogenated alkanes) is 3. The first-order valence-corrected chi connectivity index (χ1v) is 7.62. The van der Waals surface area contributed by atoms with Crippen LogP contribution in [0.3, 0.4) is 0 Å². The molecule has 2 heteroatoms. The average Bonchev–Trinajstić information content (AvgIpc) is 2.81. The molecule has 2 rings (SSSR count). The lowest BCUT2D eigenvalue weighted by atomic mass is 10.1. The van der Waals surface area contributed by atoms with E-state index in [4.69, 9.17) is 4.74 Å². The summed E-state index contributed by atoms with van der Waals surface area (Å²) in [5.41, 5.74) is 1.52. The Bertz CT molecular complexity index is 461. The van der Waals surface area contributed by atoms with E-state index in [0.29, 0.717) is 6.61 Å². The summed E-state index contributed by atoms with van der Waals surface area (Å²) in [5, 5.41) is 3.76. The van der Waals surface area contributed by atoms with Gasteiger partial charge >= 0.3 is 0 Å². The maximum atomic E-state index is 5.23. The number of aryl methyl sites for hydroxylation is 1. The average molecular weight is 261 g/mol. The first-order chi connectivity index (χ1) is 8.92. The number of hydrogen-bond donors (Lipinski definition) is 0.